The van der Waals surface area contributed by atoms with E-state index in [0.717, 1.165) is 6.42 Å². The first kappa shape index (κ1) is 8.56. The summed E-state index contributed by atoms with van der Waals surface area (Å²) in [6.07, 6.45) is 3.44. The molecule has 3 nitrogen and oxygen atoms in total. The van der Waals surface area contributed by atoms with Crippen molar-refractivity contribution in [2.24, 2.45) is 16.5 Å². The maximum absolute atomic E-state index is 5.38. The first-order valence-corrected chi connectivity index (χ1v) is 5.30. The Balaban J connectivity index is 2.30. The highest BCUT2D eigenvalue weighted by Crippen LogP contribution is 2.35. The van der Waals surface area contributed by atoms with Crippen molar-refractivity contribution in [1.82, 2.24) is 0 Å². The lowest BCUT2D eigenvalue weighted by Crippen LogP contribution is -2.24. The van der Waals surface area contributed by atoms with Crippen LogP contribution in [0.25, 0.3) is 0 Å². The normalized spacial score (nSPS) is 20.8. The van der Waals surface area contributed by atoms with E-state index in [-0.39, 0.29) is 12.0 Å². The smallest absolute Gasteiger partial charge is 0.186 e. The molecule has 0 fully saturated rings. The Hall–Kier alpha value is -1.03. The highest BCUT2D eigenvalue weighted by Gasteiger charge is 2.20. The summed E-state index contributed by atoms with van der Waals surface area (Å²) >= 11 is 1.81. The molecule has 0 aliphatic heterocycles. The Morgan fingerprint density at radius 3 is 3.15 bits per heavy atom. The van der Waals surface area contributed by atoms with Crippen LogP contribution in [-0.4, -0.2) is 5.96 Å². The highest BCUT2D eigenvalue weighted by molar-refractivity contribution is 7.10. The molecule has 1 heterocycles. The molecule has 0 aromatic carbocycles. The number of hydrogen-bond acceptors (Lipinski definition) is 2. The number of guanidine groups is 1. The molecule has 13 heavy (non-hydrogen) atoms. The van der Waals surface area contributed by atoms with Gasteiger partial charge in [0, 0.05) is 4.88 Å². The fraction of sp³-hybridized carbons (Fsp3) is 0.444. The van der Waals surface area contributed by atoms with Crippen molar-refractivity contribution in [3.8, 4) is 0 Å². The second-order valence-electron chi connectivity index (χ2n) is 3.26. The van der Waals surface area contributed by atoms with Crippen molar-refractivity contribution in [1.29, 1.82) is 0 Å². The molecule has 0 saturated heterocycles. The molecule has 0 radical (unpaired) electrons. The lowest BCUT2D eigenvalue weighted by molar-refractivity contribution is 0.579. The maximum atomic E-state index is 5.38. The van der Waals surface area contributed by atoms with Crippen LogP contribution in [0.3, 0.4) is 0 Å². The summed E-state index contributed by atoms with van der Waals surface area (Å²) in [7, 11) is 0. The predicted octanol–water partition coefficient (Wildman–Crippen LogP) is 1.40. The minimum atomic E-state index is 0.198. The zero-order valence-corrected chi connectivity index (χ0v) is 8.18. The molecular weight excluding hydrogens is 182 g/mol. The molecule has 1 aliphatic rings. The minimum Gasteiger partial charge on any atom is -0.370 e. The summed E-state index contributed by atoms with van der Waals surface area (Å²) in [5, 5.41) is 2.12. The highest BCUT2D eigenvalue weighted by atomic mass is 32.1. The summed E-state index contributed by atoms with van der Waals surface area (Å²) in [6.45, 7) is 0. The summed E-state index contributed by atoms with van der Waals surface area (Å²) in [5.41, 5.74) is 12.1. The summed E-state index contributed by atoms with van der Waals surface area (Å²) in [6, 6.07) is 2.34. The zero-order chi connectivity index (χ0) is 9.26. The predicted molar refractivity (Wildman–Crippen MR) is 55.8 cm³/mol. The van der Waals surface area contributed by atoms with Gasteiger partial charge in [0.15, 0.2) is 5.96 Å². The first-order valence-electron chi connectivity index (χ1n) is 4.42. The van der Waals surface area contributed by atoms with Gasteiger partial charge in [0.2, 0.25) is 0 Å². The van der Waals surface area contributed by atoms with Gasteiger partial charge in [-0.3, -0.25) is 0 Å². The Bertz CT molecular complexity index is 325. The summed E-state index contributed by atoms with van der Waals surface area (Å²) < 4.78 is 0. The van der Waals surface area contributed by atoms with Crippen LogP contribution < -0.4 is 11.5 Å². The van der Waals surface area contributed by atoms with Gasteiger partial charge >= 0.3 is 0 Å². The van der Waals surface area contributed by atoms with Crippen LogP contribution in [0, 0.1) is 0 Å². The number of aryl methyl sites for hydroxylation is 1. The molecule has 70 valence electrons. The molecule has 1 aromatic rings. The molecule has 2 rings (SSSR count). The van der Waals surface area contributed by atoms with Gasteiger partial charge in [0.05, 0.1) is 6.04 Å². The molecule has 0 unspecified atom stereocenters. The molecule has 0 amide bonds. The molecule has 0 spiro atoms. The van der Waals surface area contributed by atoms with Gasteiger partial charge < -0.3 is 11.5 Å². The van der Waals surface area contributed by atoms with Crippen molar-refractivity contribution in [3.05, 3.63) is 21.9 Å². The third-order valence-electron chi connectivity index (χ3n) is 2.33. The Labute approximate surface area is 81.5 Å². The molecule has 4 N–H and O–H groups in total. The largest absolute Gasteiger partial charge is 0.370 e. The average molecular weight is 195 g/mol. The number of thiophene rings is 1. The zero-order valence-electron chi connectivity index (χ0n) is 7.36. The third-order valence-corrected chi connectivity index (χ3v) is 3.32. The van der Waals surface area contributed by atoms with Crippen LogP contribution in [0.2, 0.25) is 0 Å². The SMILES string of the molecule is NC(N)=N[C@H]1CCCc2sccc21. The second-order valence-corrected chi connectivity index (χ2v) is 4.26. The van der Waals surface area contributed by atoms with Crippen molar-refractivity contribution >= 4 is 17.3 Å². The van der Waals surface area contributed by atoms with Gasteiger partial charge in [-0.1, -0.05) is 0 Å². The van der Waals surface area contributed by atoms with E-state index in [0.29, 0.717) is 0 Å². The fourth-order valence-corrected chi connectivity index (χ4v) is 2.76. The summed E-state index contributed by atoms with van der Waals surface area (Å²) in [5.74, 6) is 0.198. The van der Waals surface area contributed by atoms with Gasteiger partial charge in [-0.05, 0) is 36.3 Å². The van der Waals surface area contributed by atoms with Gasteiger partial charge in [-0.15, -0.1) is 11.3 Å². The van der Waals surface area contributed by atoms with Gasteiger partial charge in [-0.2, -0.15) is 0 Å². The van der Waals surface area contributed by atoms with Crippen molar-refractivity contribution in [3.63, 3.8) is 0 Å². The van der Waals surface area contributed by atoms with Crippen LogP contribution in [-0.2, 0) is 6.42 Å². The van der Waals surface area contributed by atoms with Gasteiger partial charge in [-0.25, -0.2) is 4.99 Å². The van der Waals surface area contributed by atoms with E-state index in [1.165, 1.54) is 23.3 Å². The quantitative estimate of drug-likeness (QED) is 0.525. The molecule has 1 aliphatic carbocycles. The van der Waals surface area contributed by atoms with Crippen LogP contribution in [0.1, 0.15) is 29.3 Å². The van der Waals surface area contributed by atoms with Crippen LogP contribution in [0.5, 0.6) is 0 Å². The van der Waals surface area contributed by atoms with E-state index < -0.39 is 0 Å². The maximum Gasteiger partial charge on any atom is 0.186 e. The van der Waals surface area contributed by atoms with E-state index in [1.807, 2.05) is 0 Å². The van der Waals surface area contributed by atoms with Crippen LogP contribution in [0.4, 0.5) is 0 Å². The number of aliphatic imine (C=N–C) groups is 1. The van der Waals surface area contributed by atoms with Crippen molar-refractivity contribution in [2.75, 3.05) is 0 Å². The minimum absolute atomic E-state index is 0.198. The monoisotopic (exact) mass is 195 g/mol. The second kappa shape index (κ2) is 3.38. The van der Waals surface area contributed by atoms with Gasteiger partial charge in [0.25, 0.3) is 0 Å². The lowest BCUT2D eigenvalue weighted by Gasteiger charge is -2.18. The van der Waals surface area contributed by atoms with Crippen LogP contribution >= 0.6 is 11.3 Å². The Morgan fingerprint density at radius 1 is 1.54 bits per heavy atom. The third kappa shape index (κ3) is 1.67. The molecule has 0 saturated carbocycles. The van der Waals surface area contributed by atoms with E-state index >= 15 is 0 Å². The van der Waals surface area contributed by atoms with Crippen molar-refractivity contribution < 1.29 is 0 Å². The van der Waals surface area contributed by atoms with E-state index in [4.69, 9.17) is 11.5 Å². The van der Waals surface area contributed by atoms with Crippen molar-refractivity contribution in [2.45, 2.75) is 25.3 Å². The first-order chi connectivity index (χ1) is 6.27. The molecule has 1 atom stereocenters. The van der Waals surface area contributed by atoms with Gasteiger partial charge in [0.1, 0.15) is 0 Å². The average Bonchev–Trinajstić information content (AvgIpc) is 2.51. The lowest BCUT2D eigenvalue weighted by atomic mass is 9.95. The number of nitrogens with zero attached hydrogens (tertiary/aromatic N) is 1. The molecular formula is C9H13N3S. The van der Waals surface area contributed by atoms with E-state index in [9.17, 15) is 0 Å². The standard InChI is InChI=1S/C9H13N3S/c10-9(11)12-7-2-1-3-8-6(7)4-5-13-8/h4-5,7H,1-3H2,(H4,10,11,12)/t7-/m0/s1. The molecule has 0 bridgehead atoms. The fourth-order valence-electron chi connectivity index (χ4n) is 1.78. The topological polar surface area (TPSA) is 64.4 Å². The molecule has 4 heteroatoms. The van der Waals surface area contributed by atoms with E-state index in [2.05, 4.69) is 16.4 Å². The number of fused-ring (bicyclic) bond motifs is 1. The Kier molecular flexibility index (Phi) is 2.22. The number of nitrogens with two attached hydrogens (primary N) is 2. The Morgan fingerprint density at radius 2 is 2.38 bits per heavy atom. The number of hydrogen-bond donors (Lipinski definition) is 2. The van der Waals surface area contributed by atoms with E-state index in [1.54, 1.807) is 11.3 Å². The summed E-state index contributed by atoms with van der Waals surface area (Å²) in [4.78, 5) is 5.67. The van der Waals surface area contributed by atoms with Crippen LogP contribution in [0.15, 0.2) is 16.4 Å². The number of rotatable bonds is 1. The molecule has 1 aromatic heterocycles.